The van der Waals surface area contributed by atoms with E-state index in [0.717, 1.165) is 31.6 Å². The smallest absolute Gasteiger partial charge is 0.315 e. The van der Waals surface area contributed by atoms with E-state index in [0.29, 0.717) is 13.0 Å². The Morgan fingerprint density at radius 3 is 2.48 bits per heavy atom. The van der Waals surface area contributed by atoms with E-state index in [1.165, 1.54) is 5.56 Å². The minimum atomic E-state index is -0.179. The lowest BCUT2D eigenvalue weighted by Crippen LogP contribution is -2.48. The van der Waals surface area contributed by atoms with Crippen molar-refractivity contribution in [2.24, 2.45) is 0 Å². The number of urea groups is 1. The van der Waals surface area contributed by atoms with Crippen LogP contribution in [0.1, 0.15) is 38.7 Å². The van der Waals surface area contributed by atoms with Crippen molar-refractivity contribution in [3.05, 3.63) is 29.8 Å². The third-order valence-corrected chi connectivity index (χ3v) is 4.45. The van der Waals surface area contributed by atoms with Gasteiger partial charge in [-0.25, -0.2) is 4.79 Å². The number of carbonyl (C=O) groups is 2. The van der Waals surface area contributed by atoms with Crippen molar-refractivity contribution in [1.82, 2.24) is 15.5 Å². The first-order valence-electron chi connectivity index (χ1n) is 8.95. The summed E-state index contributed by atoms with van der Waals surface area (Å²) in [7, 11) is 1.65. The predicted octanol–water partition coefficient (Wildman–Crippen LogP) is 2.33. The second kappa shape index (κ2) is 9.30. The van der Waals surface area contributed by atoms with E-state index in [1.807, 2.05) is 43.0 Å². The van der Waals surface area contributed by atoms with E-state index in [2.05, 4.69) is 10.6 Å². The summed E-state index contributed by atoms with van der Waals surface area (Å²) >= 11 is 0. The van der Waals surface area contributed by atoms with E-state index in [-0.39, 0.29) is 24.0 Å². The highest BCUT2D eigenvalue weighted by Gasteiger charge is 2.22. The number of nitrogens with one attached hydrogen (secondary N) is 2. The first-order chi connectivity index (χ1) is 12.0. The molecule has 1 aromatic carbocycles. The van der Waals surface area contributed by atoms with Crippen LogP contribution in [0.4, 0.5) is 4.79 Å². The molecule has 1 aliphatic heterocycles. The summed E-state index contributed by atoms with van der Waals surface area (Å²) in [5.41, 5.74) is 1.22. The number of ether oxygens (including phenoxy) is 1. The highest BCUT2D eigenvalue weighted by atomic mass is 16.5. The molecule has 0 unspecified atom stereocenters. The second-order valence-corrected chi connectivity index (χ2v) is 6.75. The standard InChI is InChI=1S/C19H29N3O3/c1-14(6-7-16-8-10-17(25-3)11-9-16)20-19(24)21-15(2)13-22-12-4-5-18(22)23/h8-11,14-15H,4-7,12-13H2,1-3H3,(H2,20,21,24)/t14-,15-/m1/s1. The summed E-state index contributed by atoms with van der Waals surface area (Å²) < 4.78 is 5.15. The minimum absolute atomic E-state index is 0.0594. The van der Waals surface area contributed by atoms with Gasteiger partial charge in [-0.2, -0.15) is 0 Å². The summed E-state index contributed by atoms with van der Waals surface area (Å²) in [4.78, 5) is 25.5. The number of carbonyl (C=O) groups excluding carboxylic acids is 2. The van der Waals surface area contributed by atoms with Gasteiger partial charge >= 0.3 is 6.03 Å². The highest BCUT2D eigenvalue weighted by Crippen LogP contribution is 2.13. The molecule has 25 heavy (non-hydrogen) atoms. The van der Waals surface area contributed by atoms with Crippen LogP contribution in [-0.2, 0) is 11.2 Å². The van der Waals surface area contributed by atoms with Gasteiger partial charge in [0.05, 0.1) is 7.11 Å². The zero-order valence-electron chi connectivity index (χ0n) is 15.4. The zero-order valence-corrected chi connectivity index (χ0v) is 15.4. The molecule has 0 radical (unpaired) electrons. The SMILES string of the molecule is COc1ccc(CC[C@@H](C)NC(=O)N[C@H](C)CN2CCCC2=O)cc1. The maximum absolute atomic E-state index is 12.1. The average Bonchev–Trinajstić information content (AvgIpc) is 2.98. The van der Waals surface area contributed by atoms with Gasteiger partial charge in [0.1, 0.15) is 5.75 Å². The molecule has 1 aliphatic rings. The molecule has 2 rings (SSSR count). The fourth-order valence-electron chi connectivity index (χ4n) is 3.01. The van der Waals surface area contributed by atoms with Crippen molar-refractivity contribution in [3.63, 3.8) is 0 Å². The molecule has 3 amide bonds. The predicted molar refractivity (Wildman–Crippen MR) is 97.7 cm³/mol. The normalized spacial score (nSPS) is 16.4. The van der Waals surface area contributed by atoms with Gasteiger partial charge in [0.15, 0.2) is 0 Å². The summed E-state index contributed by atoms with van der Waals surface area (Å²) in [5, 5.41) is 5.87. The van der Waals surface area contributed by atoms with Crippen molar-refractivity contribution in [2.75, 3.05) is 20.2 Å². The highest BCUT2D eigenvalue weighted by molar-refractivity contribution is 5.78. The fraction of sp³-hybridized carbons (Fsp3) is 0.579. The summed E-state index contributed by atoms with van der Waals surface area (Å²) in [5.74, 6) is 1.03. The Morgan fingerprint density at radius 1 is 1.20 bits per heavy atom. The van der Waals surface area contributed by atoms with Gasteiger partial charge < -0.3 is 20.3 Å². The average molecular weight is 347 g/mol. The number of rotatable bonds is 8. The van der Waals surface area contributed by atoms with Crippen molar-refractivity contribution in [3.8, 4) is 5.75 Å². The molecule has 1 heterocycles. The van der Waals surface area contributed by atoms with Gasteiger partial charge in [0, 0.05) is 31.6 Å². The number of nitrogens with zero attached hydrogens (tertiary/aromatic N) is 1. The van der Waals surface area contributed by atoms with Gasteiger partial charge in [-0.15, -0.1) is 0 Å². The second-order valence-electron chi connectivity index (χ2n) is 6.75. The molecule has 0 bridgehead atoms. The number of methoxy groups -OCH3 is 1. The topological polar surface area (TPSA) is 70.7 Å². The number of aryl methyl sites for hydroxylation is 1. The molecule has 0 aliphatic carbocycles. The number of amides is 3. The van der Waals surface area contributed by atoms with Crippen LogP contribution in [0.15, 0.2) is 24.3 Å². The maximum Gasteiger partial charge on any atom is 0.315 e. The van der Waals surface area contributed by atoms with Crippen LogP contribution in [0.2, 0.25) is 0 Å². The van der Waals surface area contributed by atoms with E-state index >= 15 is 0 Å². The maximum atomic E-state index is 12.1. The van der Waals surface area contributed by atoms with Crippen molar-refractivity contribution in [2.45, 2.75) is 51.6 Å². The van der Waals surface area contributed by atoms with Gasteiger partial charge in [0.2, 0.25) is 5.91 Å². The van der Waals surface area contributed by atoms with Crippen LogP contribution in [0.3, 0.4) is 0 Å². The fourth-order valence-corrected chi connectivity index (χ4v) is 3.01. The van der Waals surface area contributed by atoms with Gasteiger partial charge in [0.25, 0.3) is 0 Å². The van der Waals surface area contributed by atoms with Gasteiger partial charge in [-0.05, 0) is 50.8 Å². The Hall–Kier alpha value is -2.24. The summed E-state index contributed by atoms with van der Waals surface area (Å²) in [6.07, 6.45) is 3.30. The first kappa shape index (κ1) is 19.1. The quantitative estimate of drug-likeness (QED) is 0.758. The molecular weight excluding hydrogens is 318 g/mol. The molecule has 0 spiro atoms. The number of likely N-dealkylation sites (tertiary alicyclic amines) is 1. The number of benzene rings is 1. The van der Waals surface area contributed by atoms with Crippen LogP contribution in [-0.4, -0.2) is 49.1 Å². The largest absolute Gasteiger partial charge is 0.497 e. The van der Waals surface area contributed by atoms with E-state index in [1.54, 1.807) is 7.11 Å². The lowest BCUT2D eigenvalue weighted by Gasteiger charge is -2.23. The molecule has 1 fully saturated rings. The zero-order chi connectivity index (χ0) is 18.2. The molecule has 6 nitrogen and oxygen atoms in total. The van der Waals surface area contributed by atoms with Gasteiger partial charge in [-0.1, -0.05) is 12.1 Å². The molecule has 1 saturated heterocycles. The Labute approximate surface area is 149 Å². The third kappa shape index (κ3) is 6.29. The van der Waals surface area contributed by atoms with Crippen molar-refractivity contribution < 1.29 is 14.3 Å². The number of hydrogen-bond donors (Lipinski definition) is 2. The van der Waals surface area contributed by atoms with Crippen LogP contribution in [0.25, 0.3) is 0 Å². The summed E-state index contributed by atoms with van der Waals surface area (Å²) in [6.45, 7) is 5.29. The van der Waals surface area contributed by atoms with Crippen LogP contribution in [0.5, 0.6) is 5.75 Å². The minimum Gasteiger partial charge on any atom is -0.497 e. The van der Waals surface area contributed by atoms with Crippen LogP contribution < -0.4 is 15.4 Å². The van der Waals surface area contributed by atoms with E-state index in [9.17, 15) is 9.59 Å². The Kier molecular flexibility index (Phi) is 7.10. The third-order valence-electron chi connectivity index (χ3n) is 4.45. The Morgan fingerprint density at radius 2 is 1.88 bits per heavy atom. The van der Waals surface area contributed by atoms with Gasteiger partial charge in [-0.3, -0.25) is 4.79 Å². The molecular formula is C19H29N3O3. The Balaban J connectivity index is 1.67. The van der Waals surface area contributed by atoms with E-state index < -0.39 is 0 Å². The first-order valence-corrected chi connectivity index (χ1v) is 8.95. The monoisotopic (exact) mass is 347 g/mol. The van der Waals surface area contributed by atoms with Crippen molar-refractivity contribution >= 4 is 11.9 Å². The van der Waals surface area contributed by atoms with Crippen LogP contribution >= 0.6 is 0 Å². The lowest BCUT2D eigenvalue weighted by atomic mass is 10.1. The Bertz CT molecular complexity index is 574. The molecule has 0 aromatic heterocycles. The molecule has 138 valence electrons. The molecule has 6 heteroatoms. The molecule has 0 saturated carbocycles. The van der Waals surface area contributed by atoms with E-state index in [4.69, 9.17) is 4.74 Å². The van der Waals surface area contributed by atoms with Crippen LogP contribution in [0, 0.1) is 0 Å². The molecule has 2 atom stereocenters. The molecule has 2 N–H and O–H groups in total. The lowest BCUT2D eigenvalue weighted by molar-refractivity contribution is -0.127. The molecule has 1 aromatic rings. The summed E-state index contributed by atoms with van der Waals surface area (Å²) in [6, 6.07) is 7.81. The van der Waals surface area contributed by atoms with Crippen molar-refractivity contribution in [1.29, 1.82) is 0 Å². The number of hydrogen-bond acceptors (Lipinski definition) is 3.